The van der Waals surface area contributed by atoms with Gasteiger partial charge < -0.3 is 5.32 Å². The molecule has 0 amide bonds. The van der Waals surface area contributed by atoms with Gasteiger partial charge >= 0.3 is 0 Å². The third kappa shape index (κ3) is 3.05. The van der Waals surface area contributed by atoms with Crippen molar-refractivity contribution in [3.8, 4) is 0 Å². The normalized spacial score (nSPS) is 20.2. The molecule has 0 radical (unpaired) electrons. The lowest BCUT2D eigenvalue weighted by molar-refractivity contribution is -0.00391. The van der Waals surface area contributed by atoms with Gasteiger partial charge in [-0.3, -0.25) is 0 Å². The minimum Gasteiger partial charge on any atom is -0.308 e. The number of hydrogen-bond acceptors (Lipinski definition) is 1. The van der Waals surface area contributed by atoms with Crippen molar-refractivity contribution in [2.24, 2.45) is 0 Å². The Morgan fingerprint density at radius 2 is 1.92 bits per heavy atom. The first kappa shape index (κ1) is 9.90. The molecule has 1 N–H and O–H groups in total. The first-order valence-electron chi connectivity index (χ1n) is 4.75. The molecule has 0 aliphatic heterocycles. The van der Waals surface area contributed by atoms with Gasteiger partial charge in [0.1, 0.15) is 0 Å². The van der Waals surface area contributed by atoms with E-state index in [0.717, 1.165) is 12.8 Å². The number of alkyl halides is 2. The van der Waals surface area contributed by atoms with Crippen molar-refractivity contribution < 1.29 is 8.78 Å². The number of rotatable bonds is 4. The monoisotopic (exact) mass is 177 g/mol. The molecule has 3 heteroatoms. The fourth-order valence-electron chi connectivity index (χ4n) is 1.55. The smallest absolute Gasteiger partial charge is 0.260 e. The van der Waals surface area contributed by atoms with Crippen LogP contribution in [0.5, 0.6) is 0 Å². The van der Waals surface area contributed by atoms with Gasteiger partial charge in [-0.25, -0.2) is 8.78 Å². The summed E-state index contributed by atoms with van der Waals surface area (Å²) in [5.74, 6) is -2.51. The highest BCUT2D eigenvalue weighted by Gasteiger charge is 2.27. The third-order valence-corrected chi connectivity index (χ3v) is 2.52. The van der Waals surface area contributed by atoms with Crippen molar-refractivity contribution in [2.45, 2.75) is 51.0 Å². The van der Waals surface area contributed by atoms with Crippen LogP contribution in [0.25, 0.3) is 0 Å². The van der Waals surface area contributed by atoms with Crippen LogP contribution in [0.3, 0.4) is 0 Å². The molecule has 0 aromatic carbocycles. The Morgan fingerprint density at radius 1 is 1.33 bits per heavy atom. The fraction of sp³-hybridized carbons (Fsp3) is 1.00. The van der Waals surface area contributed by atoms with E-state index in [4.69, 9.17) is 0 Å². The summed E-state index contributed by atoms with van der Waals surface area (Å²) in [5.41, 5.74) is 0. The van der Waals surface area contributed by atoms with Crippen LogP contribution in [-0.4, -0.2) is 18.5 Å². The summed E-state index contributed by atoms with van der Waals surface area (Å²) in [6.45, 7) is 1.38. The van der Waals surface area contributed by atoms with Crippen molar-refractivity contribution in [2.75, 3.05) is 6.54 Å². The second-order valence-corrected chi connectivity index (χ2v) is 3.57. The van der Waals surface area contributed by atoms with Crippen LogP contribution in [0.1, 0.15) is 39.0 Å². The van der Waals surface area contributed by atoms with Gasteiger partial charge in [0.05, 0.1) is 6.54 Å². The Labute approximate surface area is 72.5 Å². The summed E-state index contributed by atoms with van der Waals surface area (Å²) in [4.78, 5) is 0. The molecule has 0 unspecified atom stereocenters. The maximum atomic E-state index is 12.7. The van der Waals surface area contributed by atoms with E-state index in [0.29, 0.717) is 6.04 Å². The lowest BCUT2D eigenvalue weighted by Gasteiger charge is -2.18. The number of nitrogens with one attached hydrogen (secondary N) is 1. The van der Waals surface area contributed by atoms with Gasteiger partial charge in [0, 0.05) is 12.5 Å². The van der Waals surface area contributed by atoms with Crippen LogP contribution in [-0.2, 0) is 0 Å². The van der Waals surface area contributed by atoms with Crippen molar-refractivity contribution in [1.29, 1.82) is 0 Å². The Hall–Kier alpha value is -0.180. The molecule has 1 rings (SSSR count). The highest BCUT2D eigenvalue weighted by Crippen LogP contribution is 2.20. The van der Waals surface area contributed by atoms with Gasteiger partial charge in [0.2, 0.25) is 0 Å². The third-order valence-electron chi connectivity index (χ3n) is 2.52. The summed E-state index contributed by atoms with van der Waals surface area (Å²) in [5, 5.41) is 2.92. The largest absolute Gasteiger partial charge is 0.308 e. The van der Waals surface area contributed by atoms with E-state index in [2.05, 4.69) is 5.32 Å². The zero-order chi connectivity index (χ0) is 9.03. The Bertz CT molecular complexity index is 130. The van der Waals surface area contributed by atoms with Gasteiger partial charge in [0.15, 0.2) is 0 Å². The predicted octanol–water partition coefficient (Wildman–Crippen LogP) is 2.56. The number of hydrogen-bond donors (Lipinski definition) is 1. The Kier molecular flexibility index (Phi) is 3.44. The SMILES string of the molecule is CCC(F)(F)CNC1CCCC1. The van der Waals surface area contributed by atoms with E-state index in [9.17, 15) is 8.78 Å². The molecular formula is C9H17F2N. The summed E-state index contributed by atoms with van der Waals surface area (Å²) in [7, 11) is 0. The van der Waals surface area contributed by atoms with E-state index >= 15 is 0 Å². The minimum absolute atomic E-state index is 0.0628. The second-order valence-electron chi connectivity index (χ2n) is 3.57. The number of halogens is 2. The molecule has 0 spiro atoms. The quantitative estimate of drug-likeness (QED) is 0.696. The highest BCUT2D eigenvalue weighted by molar-refractivity contribution is 4.77. The lowest BCUT2D eigenvalue weighted by atomic mass is 10.2. The average molecular weight is 177 g/mol. The molecule has 0 heterocycles. The van der Waals surface area contributed by atoms with Crippen molar-refractivity contribution in [3.05, 3.63) is 0 Å². The molecule has 12 heavy (non-hydrogen) atoms. The van der Waals surface area contributed by atoms with Crippen LogP contribution in [0.4, 0.5) is 8.78 Å². The molecule has 0 saturated heterocycles. The van der Waals surface area contributed by atoms with Crippen molar-refractivity contribution in [3.63, 3.8) is 0 Å². The zero-order valence-corrected chi connectivity index (χ0v) is 7.58. The first-order chi connectivity index (χ1) is 5.64. The maximum Gasteiger partial charge on any atom is 0.260 e. The van der Waals surface area contributed by atoms with Gasteiger partial charge in [-0.2, -0.15) is 0 Å². The average Bonchev–Trinajstić information content (AvgIpc) is 2.53. The van der Waals surface area contributed by atoms with E-state index in [-0.39, 0.29) is 13.0 Å². The Balaban J connectivity index is 2.15. The van der Waals surface area contributed by atoms with E-state index in [1.165, 1.54) is 19.8 Å². The molecule has 1 aliphatic carbocycles. The van der Waals surface area contributed by atoms with Crippen LogP contribution >= 0.6 is 0 Å². The summed E-state index contributed by atoms with van der Waals surface area (Å²) >= 11 is 0. The molecule has 1 aliphatic rings. The van der Waals surface area contributed by atoms with E-state index < -0.39 is 5.92 Å². The maximum absolute atomic E-state index is 12.7. The van der Waals surface area contributed by atoms with Crippen LogP contribution in [0.15, 0.2) is 0 Å². The van der Waals surface area contributed by atoms with Crippen molar-refractivity contribution >= 4 is 0 Å². The summed E-state index contributed by atoms with van der Waals surface area (Å²) < 4.78 is 25.5. The topological polar surface area (TPSA) is 12.0 Å². The van der Waals surface area contributed by atoms with Gasteiger partial charge in [-0.15, -0.1) is 0 Å². The summed E-state index contributed by atoms with van der Waals surface area (Å²) in [6.07, 6.45) is 4.46. The molecule has 1 fully saturated rings. The fourth-order valence-corrected chi connectivity index (χ4v) is 1.55. The van der Waals surface area contributed by atoms with Crippen molar-refractivity contribution in [1.82, 2.24) is 5.32 Å². The predicted molar refractivity (Wildman–Crippen MR) is 45.5 cm³/mol. The zero-order valence-electron chi connectivity index (χ0n) is 7.58. The lowest BCUT2D eigenvalue weighted by Crippen LogP contribution is -2.37. The van der Waals surface area contributed by atoms with Gasteiger partial charge in [0.25, 0.3) is 5.92 Å². The van der Waals surface area contributed by atoms with Crippen LogP contribution in [0, 0.1) is 0 Å². The van der Waals surface area contributed by atoms with E-state index in [1.54, 1.807) is 0 Å². The van der Waals surface area contributed by atoms with Crippen LogP contribution in [0.2, 0.25) is 0 Å². The molecule has 0 atom stereocenters. The summed E-state index contributed by atoms with van der Waals surface area (Å²) in [6, 6.07) is 0.349. The first-order valence-corrected chi connectivity index (χ1v) is 4.75. The van der Waals surface area contributed by atoms with Gasteiger partial charge in [-0.1, -0.05) is 19.8 Å². The van der Waals surface area contributed by atoms with E-state index in [1.807, 2.05) is 0 Å². The molecular weight excluding hydrogens is 160 g/mol. The molecule has 0 aromatic rings. The molecule has 0 bridgehead atoms. The minimum atomic E-state index is -2.51. The van der Waals surface area contributed by atoms with Crippen LogP contribution < -0.4 is 5.32 Å². The second kappa shape index (κ2) is 4.17. The molecule has 72 valence electrons. The van der Waals surface area contributed by atoms with Gasteiger partial charge in [-0.05, 0) is 12.8 Å². The Morgan fingerprint density at radius 3 is 2.42 bits per heavy atom. The molecule has 1 saturated carbocycles. The highest BCUT2D eigenvalue weighted by atomic mass is 19.3. The molecule has 0 aromatic heterocycles. The molecule has 1 nitrogen and oxygen atoms in total. The standard InChI is InChI=1S/C9H17F2N/c1-2-9(10,11)7-12-8-5-3-4-6-8/h8,12H,2-7H2,1H3.